The molecular formula is C6H7ClO2. The van der Waals surface area contributed by atoms with Crippen molar-refractivity contribution in [1.29, 1.82) is 0 Å². The SMILES string of the molecule is CC(Cl)Oc1ccoc1. The van der Waals surface area contributed by atoms with Gasteiger partial charge in [-0.3, -0.25) is 0 Å². The zero-order valence-electron chi connectivity index (χ0n) is 5.00. The van der Waals surface area contributed by atoms with Gasteiger partial charge in [-0.25, -0.2) is 0 Å². The molecule has 0 bridgehead atoms. The summed E-state index contributed by atoms with van der Waals surface area (Å²) < 4.78 is 9.76. The van der Waals surface area contributed by atoms with Gasteiger partial charge >= 0.3 is 0 Å². The molecule has 50 valence electrons. The van der Waals surface area contributed by atoms with Crippen molar-refractivity contribution >= 4 is 11.6 Å². The van der Waals surface area contributed by atoms with Crippen molar-refractivity contribution in [3.63, 3.8) is 0 Å². The van der Waals surface area contributed by atoms with Crippen LogP contribution in [0.2, 0.25) is 0 Å². The highest BCUT2D eigenvalue weighted by molar-refractivity contribution is 6.19. The summed E-state index contributed by atoms with van der Waals surface area (Å²) >= 11 is 5.51. The molecule has 3 heteroatoms. The monoisotopic (exact) mass is 146 g/mol. The average molecular weight is 147 g/mol. The van der Waals surface area contributed by atoms with Crippen molar-refractivity contribution in [2.45, 2.75) is 12.5 Å². The maximum atomic E-state index is 5.51. The van der Waals surface area contributed by atoms with Crippen LogP contribution in [0.5, 0.6) is 5.75 Å². The Labute approximate surface area is 58.4 Å². The highest BCUT2D eigenvalue weighted by Gasteiger charge is 1.97. The highest BCUT2D eigenvalue weighted by Crippen LogP contribution is 2.12. The van der Waals surface area contributed by atoms with Gasteiger partial charge in [0.25, 0.3) is 0 Å². The molecule has 0 fully saturated rings. The molecule has 0 N–H and O–H groups in total. The molecule has 0 saturated heterocycles. The first-order valence-corrected chi connectivity index (χ1v) is 3.05. The third-order valence-electron chi connectivity index (χ3n) is 0.794. The Kier molecular flexibility index (Phi) is 2.01. The van der Waals surface area contributed by atoms with Gasteiger partial charge in [0.2, 0.25) is 0 Å². The second kappa shape index (κ2) is 2.78. The van der Waals surface area contributed by atoms with E-state index in [1.165, 1.54) is 12.5 Å². The fraction of sp³-hybridized carbons (Fsp3) is 0.333. The number of rotatable bonds is 2. The Balaban J connectivity index is 2.48. The predicted octanol–water partition coefficient (Wildman–Crippen LogP) is 2.24. The molecule has 0 aliphatic carbocycles. The Hall–Kier alpha value is -0.630. The van der Waals surface area contributed by atoms with Gasteiger partial charge < -0.3 is 9.15 Å². The lowest BCUT2D eigenvalue weighted by Crippen LogP contribution is -2.00. The van der Waals surface area contributed by atoms with Crippen LogP contribution < -0.4 is 4.74 Å². The van der Waals surface area contributed by atoms with Crippen LogP contribution >= 0.6 is 11.6 Å². The van der Waals surface area contributed by atoms with Gasteiger partial charge in [-0.2, -0.15) is 0 Å². The molecule has 1 aromatic rings. The van der Waals surface area contributed by atoms with Crippen molar-refractivity contribution in [1.82, 2.24) is 0 Å². The van der Waals surface area contributed by atoms with Crippen molar-refractivity contribution in [3.05, 3.63) is 18.6 Å². The molecule has 1 heterocycles. The number of hydrogen-bond donors (Lipinski definition) is 0. The Bertz CT molecular complexity index is 158. The molecule has 0 spiro atoms. The number of ether oxygens (including phenoxy) is 1. The Morgan fingerprint density at radius 2 is 2.56 bits per heavy atom. The van der Waals surface area contributed by atoms with Gasteiger partial charge in [-0.15, -0.1) is 0 Å². The van der Waals surface area contributed by atoms with E-state index in [-0.39, 0.29) is 5.56 Å². The maximum Gasteiger partial charge on any atom is 0.169 e. The van der Waals surface area contributed by atoms with Crippen molar-refractivity contribution < 1.29 is 9.15 Å². The first-order valence-electron chi connectivity index (χ1n) is 2.62. The molecular weight excluding hydrogens is 140 g/mol. The molecule has 1 aromatic heterocycles. The summed E-state index contributed by atoms with van der Waals surface area (Å²) in [5.41, 5.74) is -0.303. The van der Waals surface area contributed by atoms with E-state index in [1.54, 1.807) is 13.0 Å². The van der Waals surface area contributed by atoms with Crippen molar-refractivity contribution in [3.8, 4) is 5.75 Å². The zero-order valence-corrected chi connectivity index (χ0v) is 5.76. The lowest BCUT2D eigenvalue weighted by Gasteiger charge is -2.02. The maximum absolute atomic E-state index is 5.51. The van der Waals surface area contributed by atoms with Gasteiger partial charge in [0, 0.05) is 6.07 Å². The average Bonchev–Trinajstić information content (AvgIpc) is 2.15. The third kappa shape index (κ3) is 1.98. The molecule has 0 aliphatic heterocycles. The first-order chi connectivity index (χ1) is 4.29. The van der Waals surface area contributed by atoms with E-state index in [1.807, 2.05) is 0 Å². The molecule has 0 amide bonds. The van der Waals surface area contributed by atoms with Crippen LogP contribution in [0.25, 0.3) is 0 Å². The van der Waals surface area contributed by atoms with E-state index in [0.29, 0.717) is 5.75 Å². The Morgan fingerprint density at radius 1 is 1.78 bits per heavy atom. The summed E-state index contributed by atoms with van der Waals surface area (Å²) in [5.74, 6) is 0.664. The third-order valence-corrected chi connectivity index (χ3v) is 0.883. The summed E-state index contributed by atoms with van der Waals surface area (Å²) in [6.45, 7) is 1.74. The highest BCUT2D eigenvalue weighted by atomic mass is 35.5. The summed E-state index contributed by atoms with van der Waals surface area (Å²) in [4.78, 5) is 0. The largest absolute Gasteiger partial charge is 0.472 e. The van der Waals surface area contributed by atoms with Crippen LogP contribution in [0.1, 0.15) is 6.92 Å². The summed E-state index contributed by atoms with van der Waals surface area (Å²) in [7, 11) is 0. The lowest BCUT2D eigenvalue weighted by atomic mass is 10.6. The molecule has 1 rings (SSSR count). The van der Waals surface area contributed by atoms with Crippen LogP contribution in [0.15, 0.2) is 23.0 Å². The standard InChI is InChI=1S/C6H7ClO2/c1-5(7)9-6-2-3-8-4-6/h2-5H,1H3. The molecule has 0 aliphatic rings. The van der Waals surface area contributed by atoms with E-state index >= 15 is 0 Å². The van der Waals surface area contributed by atoms with E-state index in [4.69, 9.17) is 20.8 Å². The number of alkyl halides is 1. The van der Waals surface area contributed by atoms with Gasteiger partial charge in [-0.05, 0) is 6.92 Å². The minimum Gasteiger partial charge on any atom is -0.472 e. The quantitative estimate of drug-likeness (QED) is 0.597. The van der Waals surface area contributed by atoms with Crippen molar-refractivity contribution in [2.24, 2.45) is 0 Å². The van der Waals surface area contributed by atoms with Crippen molar-refractivity contribution in [2.75, 3.05) is 0 Å². The normalized spacial score (nSPS) is 13.1. The first kappa shape index (κ1) is 6.49. The summed E-state index contributed by atoms with van der Waals surface area (Å²) in [6, 6.07) is 1.71. The molecule has 0 radical (unpaired) electrons. The molecule has 1 atom stereocenters. The van der Waals surface area contributed by atoms with Crippen LogP contribution in [0, 0.1) is 0 Å². The molecule has 9 heavy (non-hydrogen) atoms. The van der Waals surface area contributed by atoms with E-state index in [9.17, 15) is 0 Å². The fourth-order valence-corrected chi connectivity index (χ4v) is 0.609. The lowest BCUT2D eigenvalue weighted by molar-refractivity contribution is 0.297. The van der Waals surface area contributed by atoms with Crippen LogP contribution in [-0.2, 0) is 0 Å². The van der Waals surface area contributed by atoms with Gasteiger partial charge in [0.05, 0.1) is 6.26 Å². The van der Waals surface area contributed by atoms with Crippen LogP contribution in [-0.4, -0.2) is 5.56 Å². The molecule has 1 unspecified atom stereocenters. The summed E-state index contributed by atoms with van der Waals surface area (Å²) in [5, 5.41) is 0. The molecule has 0 aromatic carbocycles. The van der Waals surface area contributed by atoms with E-state index < -0.39 is 0 Å². The second-order valence-corrected chi connectivity index (χ2v) is 2.23. The Morgan fingerprint density at radius 3 is 3.00 bits per heavy atom. The van der Waals surface area contributed by atoms with Crippen LogP contribution in [0.4, 0.5) is 0 Å². The molecule has 0 saturated carbocycles. The smallest absolute Gasteiger partial charge is 0.169 e. The van der Waals surface area contributed by atoms with Gasteiger partial charge in [0.1, 0.15) is 6.26 Å². The second-order valence-electron chi connectivity index (χ2n) is 1.62. The number of furan rings is 1. The predicted molar refractivity (Wildman–Crippen MR) is 34.7 cm³/mol. The summed E-state index contributed by atoms with van der Waals surface area (Å²) in [6.07, 6.45) is 3.04. The van der Waals surface area contributed by atoms with Gasteiger partial charge in [0.15, 0.2) is 11.3 Å². The zero-order chi connectivity index (χ0) is 6.69. The fourth-order valence-electron chi connectivity index (χ4n) is 0.507. The minimum atomic E-state index is -0.303. The topological polar surface area (TPSA) is 22.4 Å². The molecule has 2 nitrogen and oxygen atoms in total. The van der Waals surface area contributed by atoms with E-state index in [2.05, 4.69) is 0 Å². The van der Waals surface area contributed by atoms with Gasteiger partial charge in [-0.1, -0.05) is 11.6 Å². The van der Waals surface area contributed by atoms with E-state index in [0.717, 1.165) is 0 Å². The number of hydrogen-bond acceptors (Lipinski definition) is 2. The number of halogens is 1. The van der Waals surface area contributed by atoms with Crippen LogP contribution in [0.3, 0.4) is 0 Å². The minimum absolute atomic E-state index is 0.303.